The van der Waals surface area contributed by atoms with E-state index in [9.17, 15) is 0 Å². The van der Waals surface area contributed by atoms with Crippen molar-refractivity contribution >= 4 is 17.3 Å². The van der Waals surface area contributed by atoms with Gasteiger partial charge in [0.15, 0.2) is 0 Å². The van der Waals surface area contributed by atoms with Crippen molar-refractivity contribution in [1.82, 2.24) is 0 Å². The average molecular weight is 271 g/mol. The highest BCUT2D eigenvalue weighted by Gasteiger charge is 2.13. The van der Waals surface area contributed by atoms with E-state index in [-0.39, 0.29) is 0 Å². The minimum atomic E-state index is 0.330. The van der Waals surface area contributed by atoms with Crippen molar-refractivity contribution in [2.24, 2.45) is 5.73 Å². The molecule has 0 spiro atoms. The van der Waals surface area contributed by atoms with Crippen LogP contribution in [0.5, 0.6) is 0 Å². The number of likely N-dealkylation sites (N-methyl/N-ethyl adjacent to an activating group) is 1. The molecule has 2 N–H and O–H groups in total. The van der Waals surface area contributed by atoms with Crippen LogP contribution in [0.4, 0.5) is 5.69 Å². The molecule has 18 heavy (non-hydrogen) atoms. The lowest BCUT2D eigenvalue weighted by atomic mass is 10.1. The zero-order valence-corrected chi connectivity index (χ0v) is 12.2. The van der Waals surface area contributed by atoms with Crippen LogP contribution in [0.25, 0.3) is 0 Å². The van der Waals surface area contributed by atoms with E-state index in [0.717, 1.165) is 29.2 Å². The second-order valence-corrected chi connectivity index (χ2v) is 4.81. The Labute approximate surface area is 115 Å². The van der Waals surface area contributed by atoms with Gasteiger partial charge in [0.1, 0.15) is 0 Å². The van der Waals surface area contributed by atoms with Crippen molar-refractivity contribution in [1.29, 1.82) is 0 Å². The summed E-state index contributed by atoms with van der Waals surface area (Å²) in [6.45, 7) is 6.53. The number of nitrogens with two attached hydrogens (primary N) is 1. The molecule has 0 radical (unpaired) electrons. The third-order valence-corrected chi connectivity index (χ3v) is 3.41. The summed E-state index contributed by atoms with van der Waals surface area (Å²) in [5, 5.41) is 0.793. The second-order valence-electron chi connectivity index (χ2n) is 4.40. The maximum Gasteiger partial charge on any atom is 0.0663 e. The molecular weight excluding hydrogens is 248 g/mol. The number of hydrogen-bond donors (Lipinski definition) is 1. The molecule has 0 saturated heterocycles. The maximum absolute atomic E-state index is 6.28. The highest BCUT2D eigenvalue weighted by Crippen LogP contribution is 2.25. The lowest BCUT2D eigenvalue weighted by Crippen LogP contribution is -2.36. The predicted octanol–water partition coefficient (Wildman–Crippen LogP) is 2.70. The molecular formula is C14H23ClN2O. The van der Waals surface area contributed by atoms with Crippen LogP contribution in [0.2, 0.25) is 5.02 Å². The molecule has 0 aliphatic heterocycles. The molecule has 0 fully saturated rings. The molecule has 1 unspecified atom stereocenters. The van der Waals surface area contributed by atoms with Gasteiger partial charge in [0.25, 0.3) is 0 Å². The van der Waals surface area contributed by atoms with E-state index in [2.05, 4.69) is 30.9 Å². The lowest BCUT2D eigenvalue weighted by molar-refractivity contribution is 0.182. The molecule has 0 aromatic heterocycles. The largest absolute Gasteiger partial charge is 0.383 e. The monoisotopic (exact) mass is 270 g/mol. The van der Waals surface area contributed by atoms with Crippen molar-refractivity contribution in [3.05, 3.63) is 28.8 Å². The van der Waals surface area contributed by atoms with E-state index in [1.54, 1.807) is 7.11 Å². The summed E-state index contributed by atoms with van der Waals surface area (Å²) in [5.41, 5.74) is 7.80. The maximum atomic E-state index is 6.28. The van der Waals surface area contributed by atoms with Gasteiger partial charge in [-0.05, 0) is 44.5 Å². The van der Waals surface area contributed by atoms with Crippen LogP contribution in [-0.4, -0.2) is 32.8 Å². The van der Waals surface area contributed by atoms with Crippen molar-refractivity contribution in [3.8, 4) is 0 Å². The SMILES string of the molecule is CCN(c1ccc(CCN)c(Cl)c1)C(C)COC. The van der Waals surface area contributed by atoms with Gasteiger partial charge >= 0.3 is 0 Å². The molecule has 0 bridgehead atoms. The number of halogens is 1. The quantitative estimate of drug-likeness (QED) is 0.828. The highest BCUT2D eigenvalue weighted by molar-refractivity contribution is 6.31. The molecule has 1 aromatic carbocycles. The van der Waals surface area contributed by atoms with Crippen LogP contribution in [0.3, 0.4) is 0 Å². The zero-order valence-electron chi connectivity index (χ0n) is 11.4. The average Bonchev–Trinajstić information content (AvgIpc) is 2.34. The van der Waals surface area contributed by atoms with Crippen LogP contribution >= 0.6 is 11.6 Å². The number of ether oxygens (including phenoxy) is 1. The Kier molecular flexibility index (Phi) is 6.47. The first-order valence-corrected chi connectivity index (χ1v) is 6.75. The molecule has 4 heteroatoms. The van der Waals surface area contributed by atoms with Crippen molar-refractivity contribution in [2.75, 3.05) is 31.7 Å². The molecule has 1 rings (SSSR count). The summed E-state index contributed by atoms with van der Waals surface area (Å²) >= 11 is 6.28. The standard InChI is InChI=1S/C14H23ClN2O/c1-4-17(11(2)10-18-3)13-6-5-12(7-8-16)14(15)9-13/h5-6,9,11H,4,7-8,10,16H2,1-3H3. The highest BCUT2D eigenvalue weighted by atomic mass is 35.5. The van der Waals surface area contributed by atoms with E-state index in [4.69, 9.17) is 22.1 Å². The van der Waals surface area contributed by atoms with E-state index >= 15 is 0 Å². The third-order valence-electron chi connectivity index (χ3n) is 3.06. The van der Waals surface area contributed by atoms with Crippen molar-refractivity contribution < 1.29 is 4.74 Å². The second kappa shape index (κ2) is 7.62. The third kappa shape index (κ3) is 3.87. The molecule has 3 nitrogen and oxygen atoms in total. The smallest absolute Gasteiger partial charge is 0.0663 e. The number of methoxy groups -OCH3 is 1. The van der Waals surface area contributed by atoms with Gasteiger partial charge in [-0.1, -0.05) is 17.7 Å². The number of rotatable bonds is 7. The van der Waals surface area contributed by atoms with Crippen molar-refractivity contribution in [3.63, 3.8) is 0 Å². The molecule has 0 saturated carbocycles. The number of hydrogen-bond acceptors (Lipinski definition) is 3. The first-order valence-electron chi connectivity index (χ1n) is 6.38. The lowest BCUT2D eigenvalue weighted by Gasteiger charge is -2.30. The van der Waals surface area contributed by atoms with Gasteiger partial charge in [0.2, 0.25) is 0 Å². The van der Waals surface area contributed by atoms with Crippen molar-refractivity contribution in [2.45, 2.75) is 26.3 Å². The van der Waals surface area contributed by atoms with E-state index in [0.29, 0.717) is 19.2 Å². The Bertz CT molecular complexity index is 371. The number of nitrogens with zero attached hydrogens (tertiary/aromatic N) is 1. The van der Waals surface area contributed by atoms with Crippen LogP contribution in [0.15, 0.2) is 18.2 Å². The molecule has 0 amide bonds. The summed E-state index contributed by atoms with van der Waals surface area (Å²) in [5.74, 6) is 0. The molecule has 1 atom stereocenters. The van der Waals surface area contributed by atoms with Crippen LogP contribution in [0, 0.1) is 0 Å². The molecule has 102 valence electrons. The molecule has 0 aliphatic rings. The zero-order chi connectivity index (χ0) is 13.5. The Morgan fingerprint density at radius 3 is 2.67 bits per heavy atom. The summed E-state index contributed by atoms with van der Waals surface area (Å²) in [6.07, 6.45) is 0.818. The summed E-state index contributed by atoms with van der Waals surface area (Å²) in [6, 6.07) is 6.51. The topological polar surface area (TPSA) is 38.5 Å². The van der Waals surface area contributed by atoms with Gasteiger partial charge in [-0.2, -0.15) is 0 Å². The van der Waals surface area contributed by atoms with Crippen LogP contribution < -0.4 is 10.6 Å². The van der Waals surface area contributed by atoms with E-state index in [1.165, 1.54) is 0 Å². The molecule has 1 aromatic rings. The minimum Gasteiger partial charge on any atom is -0.383 e. The fourth-order valence-corrected chi connectivity index (χ4v) is 2.42. The summed E-state index contributed by atoms with van der Waals surface area (Å²) < 4.78 is 5.21. The van der Waals surface area contributed by atoms with Gasteiger partial charge in [-0.25, -0.2) is 0 Å². The predicted molar refractivity (Wildman–Crippen MR) is 78.6 cm³/mol. The first-order chi connectivity index (χ1) is 8.63. The number of anilines is 1. The van der Waals surface area contributed by atoms with Crippen LogP contribution in [0.1, 0.15) is 19.4 Å². The van der Waals surface area contributed by atoms with Crippen LogP contribution in [-0.2, 0) is 11.2 Å². The number of benzene rings is 1. The normalized spacial score (nSPS) is 12.5. The summed E-state index contributed by atoms with van der Waals surface area (Å²) in [7, 11) is 1.72. The Morgan fingerprint density at radius 1 is 1.44 bits per heavy atom. The first kappa shape index (κ1) is 15.3. The Balaban J connectivity index is 2.90. The molecule has 0 heterocycles. The van der Waals surface area contributed by atoms with Gasteiger partial charge in [-0.15, -0.1) is 0 Å². The van der Waals surface area contributed by atoms with Gasteiger partial charge < -0.3 is 15.4 Å². The Hall–Kier alpha value is -0.770. The van der Waals surface area contributed by atoms with E-state index < -0.39 is 0 Å². The fourth-order valence-electron chi connectivity index (χ4n) is 2.15. The molecule has 0 aliphatic carbocycles. The van der Waals surface area contributed by atoms with Gasteiger partial charge in [-0.3, -0.25) is 0 Å². The fraction of sp³-hybridized carbons (Fsp3) is 0.571. The van der Waals surface area contributed by atoms with Gasteiger partial charge in [0, 0.05) is 30.4 Å². The minimum absolute atomic E-state index is 0.330. The Morgan fingerprint density at radius 2 is 2.17 bits per heavy atom. The summed E-state index contributed by atoms with van der Waals surface area (Å²) in [4.78, 5) is 2.28. The van der Waals surface area contributed by atoms with Gasteiger partial charge in [0.05, 0.1) is 6.61 Å². The van der Waals surface area contributed by atoms with E-state index in [1.807, 2.05) is 6.07 Å².